The first-order valence-corrected chi connectivity index (χ1v) is 12.0. The Hall–Kier alpha value is -3.43. The van der Waals surface area contributed by atoms with Crippen LogP contribution in [0, 0.1) is 0 Å². The zero-order valence-electron chi connectivity index (χ0n) is 19.5. The van der Waals surface area contributed by atoms with Gasteiger partial charge in [0.25, 0.3) is 11.5 Å². The van der Waals surface area contributed by atoms with Gasteiger partial charge >= 0.3 is 0 Å². The van der Waals surface area contributed by atoms with Gasteiger partial charge in [-0.1, -0.05) is 32.0 Å². The lowest BCUT2D eigenvalue weighted by molar-refractivity contribution is 0.0751. The highest BCUT2D eigenvalue weighted by Gasteiger charge is 2.25. The molecule has 0 aliphatic carbocycles. The van der Waals surface area contributed by atoms with Crippen molar-refractivity contribution in [1.29, 1.82) is 0 Å². The molecule has 2 aromatic carbocycles. The van der Waals surface area contributed by atoms with Gasteiger partial charge in [-0.3, -0.25) is 19.0 Å². The normalized spacial score (nSPS) is 14.4. The first kappa shape index (κ1) is 23.7. The quantitative estimate of drug-likeness (QED) is 0.305. The molecule has 0 fully saturated rings. The Balaban J connectivity index is 1.47. The predicted octanol–water partition coefficient (Wildman–Crippen LogP) is 3.55. The lowest BCUT2D eigenvalue weighted by atomic mass is 9.99. The molecule has 34 heavy (non-hydrogen) atoms. The van der Waals surface area contributed by atoms with E-state index in [0.717, 1.165) is 11.5 Å². The molecule has 1 aromatic heterocycles. The van der Waals surface area contributed by atoms with E-state index in [0.29, 0.717) is 35.3 Å². The molecule has 1 aliphatic heterocycles. The molecule has 0 saturated carbocycles. The van der Waals surface area contributed by atoms with Crippen LogP contribution in [0.25, 0.3) is 0 Å². The number of aliphatic hydroxyl groups excluding tert-OH is 1. The van der Waals surface area contributed by atoms with Crippen molar-refractivity contribution in [2.75, 3.05) is 11.9 Å². The molecule has 1 unspecified atom stereocenters. The van der Waals surface area contributed by atoms with E-state index in [1.807, 2.05) is 4.90 Å². The fourth-order valence-electron chi connectivity index (χ4n) is 3.89. The highest BCUT2D eigenvalue weighted by Crippen LogP contribution is 2.28. The van der Waals surface area contributed by atoms with Gasteiger partial charge in [0.15, 0.2) is 0 Å². The Morgan fingerprint density at radius 3 is 2.56 bits per heavy atom. The number of aliphatic hydroxyl groups is 1. The third-order valence-electron chi connectivity index (χ3n) is 5.88. The van der Waals surface area contributed by atoms with Crippen LogP contribution in [0.1, 0.15) is 59.3 Å². The summed E-state index contributed by atoms with van der Waals surface area (Å²) in [6, 6.07) is 13.2. The maximum atomic E-state index is 13.1. The molecule has 178 valence electrons. The fraction of sp³-hybridized carbons (Fsp3) is 0.320. The summed E-state index contributed by atoms with van der Waals surface area (Å²) in [7, 11) is 0. The summed E-state index contributed by atoms with van der Waals surface area (Å²) >= 11 is 1.11. The molecular formula is C25H29N5O3S. The molecule has 0 saturated heterocycles. The summed E-state index contributed by atoms with van der Waals surface area (Å²) in [5, 5.41) is 12.9. The summed E-state index contributed by atoms with van der Waals surface area (Å²) < 4.78 is 2.66. The molecule has 9 heteroatoms. The lowest BCUT2D eigenvalue weighted by Crippen LogP contribution is -2.25. The van der Waals surface area contributed by atoms with E-state index in [1.54, 1.807) is 31.2 Å². The standard InChI is InChI=1S/C25H29N5O3S/c1-14(2)17-4-5-18-11-30(12-19(18)10-17)25(33)16-6-8-20(9-7-16)28-24-21(23(32)29-34-24)22(26)27-15(3)13-31/h4-10,14-15,28,31H,11-13H2,1-3H3,(H2,26,27)(H,29,32). The van der Waals surface area contributed by atoms with E-state index in [4.69, 9.17) is 5.73 Å². The third kappa shape index (κ3) is 4.90. The van der Waals surface area contributed by atoms with Crippen LogP contribution in [-0.2, 0) is 13.1 Å². The molecule has 8 nitrogen and oxygen atoms in total. The van der Waals surface area contributed by atoms with Crippen molar-refractivity contribution in [2.24, 2.45) is 10.7 Å². The second-order valence-corrected chi connectivity index (χ2v) is 9.65. The topological polar surface area (TPSA) is 124 Å². The zero-order valence-corrected chi connectivity index (χ0v) is 20.3. The van der Waals surface area contributed by atoms with E-state index in [2.05, 4.69) is 46.7 Å². The Kier molecular flexibility index (Phi) is 6.85. The molecule has 0 bridgehead atoms. The van der Waals surface area contributed by atoms with Gasteiger partial charge in [-0.05, 0) is 65.3 Å². The first-order valence-electron chi connectivity index (χ1n) is 11.2. The van der Waals surface area contributed by atoms with Gasteiger partial charge in [-0.2, -0.15) is 0 Å². The third-order valence-corrected chi connectivity index (χ3v) is 6.67. The fourth-order valence-corrected chi connectivity index (χ4v) is 4.66. The summed E-state index contributed by atoms with van der Waals surface area (Å²) in [4.78, 5) is 31.3. The van der Waals surface area contributed by atoms with Crippen LogP contribution in [0.3, 0.4) is 0 Å². The van der Waals surface area contributed by atoms with Crippen molar-refractivity contribution in [2.45, 2.75) is 45.8 Å². The Morgan fingerprint density at radius 2 is 1.88 bits per heavy atom. The molecule has 0 radical (unpaired) electrons. The van der Waals surface area contributed by atoms with Crippen molar-refractivity contribution in [3.05, 3.63) is 80.6 Å². The molecule has 1 amide bonds. The summed E-state index contributed by atoms with van der Waals surface area (Å²) in [6.07, 6.45) is 0. The van der Waals surface area contributed by atoms with Crippen LogP contribution in [0.15, 0.2) is 52.3 Å². The van der Waals surface area contributed by atoms with Crippen LogP contribution in [0.4, 0.5) is 10.7 Å². The van der Waals surface area contributed by atoms with Gasteiger partial charge in [0.2, 0.25) is 0 Å². The number of hydrogen-bond acceptors (Lipinski definition) is 6. The van der Waals surface area contributed by atoms with Crippen molar-refractivity contribution in [1.82, 2.24) is 9.27 Å². The van der Waals surface area contributed by atoms with E-state index in [1.165, 1.54) is 16.7 Å². The average molecular weight is 480 g/mol. The summed E-state index contributed by atoms with van der Waals surface area (Å²) in [5.41, 5.74) is 10.9. The van der Waals surface area contributed by atoms with Crippen molar-refractivity contribution in [3.63, 3.8) is 0 Å². The molecular weight excluding hydrogens is 450 g/mol. The van der Waals surface area contributed by atoms with Gasteiger partial charge in [0.1, 0.15) is 16.4 Å². The number of aromatic nitrogens is 1. The highest BCUT2D eigenvalue weighted by atomic mass is 32.1. The van der Waals surface area contributed by atoms with Crippen LogP contribution in [0.5, 0.6) is 0 Å². The lowest BCUT2D eigenvalue weighted by Gasteiger charge is -2.16. The monoisotopic (exact) mass is 479 g/mol. The minimum Gasteiger partial charge on any atom is -0.394 e. The average Bonchev–Trinajstić information content (AvgIpc) is 3.41. The number of benzene rings is 2. The number of hydrogen-bond donors (Lipinski definition) is 4. The van der Waals surface area contributed by atoms with Gasteiger partial charge < -0.3 is 21.1 Å². The van der Waals surface area contributed by atoms with Gasteiger partial charge in [0, 0.05) is 24.3 Å². The minimum absolute atomic E-state index is 0.0183. The number of nitrogens with zero attached hydrogens (tertiary/aromatic N) is 2. The van der Waals surface area contributed by atoms with Gasteiger partial charge in [-0.25, -0.2) is 0 Å². The van der Waals surface area contributed by atoms with E-state index >= 15 is 0 Å². The second-order valence-electron chi connectivity index (χ2n) is 8.83. The number of aliphatic imine (C=N–C) groups is 1. The number of carbonyl (C=O) groups excluding carboxylic acids is 1. The largest absolute Gasteiger partial charge is 0.394 e. The Bertz CT molecular complexity index is 1280. The SMILES string of the molecule is CC(CO)N=C(N)c1c(Nc2ccc(C(=O)N3Cc4ccc(C(C)C)cc4C3)cc2)s[nH]c1=O. The molecule has 4 rings (SSSR count). The van der Waals surface area contributed by atoms with Crippen molar-refractivity contribution < 1.29 is 9.90 Å². The van der Waals surface area contributed by atoms with Gasteiger partial charge in [0.05, 0.1) is 12.6 Å². The maximum Gasteiger partial charge on any atom is 0.271 e. The van der Waals surface area contributed by atoms with Crippen LogP contribution < -0.4 is 16.6 Å². The van der Waals surface area contributed by atoms with Crippen LogP contribution in [-0.4, -0.2) is 38.8 Å². The molecule has 0 spiro atoms. The van der Waals surface area contributed by atoms with Crippen LogP contribution in [0.2, 0.25) is 0 Å². The van der Waals surface area contributed by atoms with Crippen LogP contribution >= 0.6 is 11.5 Å². The number of nitrogens with one attached hydrogen (secondary N) is 2. The zero-order chi connectivity index (χ0) is 24.4. The predicted molar refractivity (Wildman–Crippen MR) is 136 cm³/mol. The Labute approximate surface area is 202 Å². The van der Waals surface area contributed by atoms with E-state index in [-0.39, 0.29) is 29.5 Å². The number of nitrogens with two attached hydrogens (primary N) is 1. The second kappa shape index (κ2) is 9.82. The minimum atomic E-state index is -0.411. The first-order chi connectivity index (χ1) is 16.3. The number of fused-ring (bicyclic) bond motifs is 1. The number of carbonyl (C=O) groups is 1. The van der Waals surface area contributed by atoms with E-state index < -0.39 is 6.04 Å². The van der Waals surface area contributed by atoms with E-state index in [9.17, 15) is 14.7 Å². The Morgan fingerprint density at radius 1 is 1.18 bits per heavy atom. The maximum absolute atomic E-state index is 13.1. The number of amidine groups is 1. The number of aromatic amines is 1. The number of anilines is 2. The summed E-state index contributed by atoms with van der Waals surface area (Å²) in [5.74, 6) is 0.497. The van der Waals surface area contributed by atoms with Crippen molar-refractivity contribution >= 4 is 34.0 Å². The molecule has 1 atom stereocenters. The molecule has 3 aromatic rings. The number of H-pyrrole nitrogens is 1. The van der Waals surface area contributed by atoms with Crippen molar-refractivity contribution in [3.8, 4) is 0 Å². The van der Waals surface area contributed by atoms with Gasteiger partial charge in [-0.15, -0.1) is 0 Å². The smallest absolute Gasteiger partial charge is 0.271 e. The molecule has 1 aliphatic rings. The number of amides is 1. The summed E-state index contributed by atoms with van der Waals surface area (Å²) in [6.45, 7) is 7.10. The molecule has 5 N–H and O–H groups in total. The highest BCUT2D eigenvalue weighted by molar-refractivity contribution is 7.10. The molecule has 2 heterocycles. The number of rotatable bonds is 7.